The van der Waals surface area contributed by atoms with Crippen LogP contribution in [0.15, 0.2) is 53.4 Å². The summed E-state index contributed by atoms with van der Waals surface area (Å²) < 4.78 is 40.4. The Labute approximate surface area is 150 Å². The summed E-state index contributed by atoms with van der Waals surface area (Å²) in [6.45, 7) is 0. The fraction of sp³-hybridized carbons (Fsp3) is 0.176. The number of carbonyl (C=O) groups excluding carboxylic acids is 2. The number of thioether (sulfide) groups is 1. The summed E-state index contributed by atoms with van der Waals surface area (Å²) >= 11 is 1.22. The van der Waals surface area contributed by atoms with Crippen molar-refractivity contribution in [2.24, 2.45) is 0 Å². The van der Waals surface area contributed by atoms with Gasteiger partial charge in [0.15, 0.2) is 0 Å². The van der Waals surface area contributed by atoms with Crippen LogP contribution in [0.2, 0.25) is 0 Å². The molecule has 3 rings (SSSR count). The molecule has 2 aromatic carbocycles. The van der Waals surface area contributed by atoms with Crippen LogP contribution in [0, 0.1) is 0 Å². The number of anilines is 2. The van der Waals surface area contributed by atoms with Crippen molar-refractivity contribution in [2.75, 3.05) is 10.6 Å². The number of halogens is 3. The Morgan fingerprint density at radius 3 is 2.42 bits per heavy atom. The van der Waals surface area contributed by atoms with Crippen LogP contribution in [0.1, 0.15) is 6.42 Å². The van der Waals surface area contributed by atoms with Crippen LogP contribution in [-0.4, -0.2) is 23.4 Å². The molecule has 1 unspecified atom stereocenters. The standard InChI is InChI=1S/C17H13F3N2O3S/c18-17(19,20)25-12-6-4-11(5-7-12)22-15(23)9-14(16(22)24)26-13-3-1-2-10(21)8-13/h1-8,14H,9,21H2. The van der Waals surface area contributed by atoms with E-state index in [2.05, 4.69) is 4.74 Å². The summed E-state index contributed by atoms with van der Waals surface area (Å²) in [6.07, 6.45) is -4.81. The van der Waals surface area contributed by atoms with Gasteiger partial charge < -0.3 is 10.5 Å². The SMILES string of the molecule is Nc1cccc(SC2CC(=O)N(c3ccc(OC(F)(F)F)cc3)C2=O)c1. The molecule has 1 saturated heterocycles. The van der Waals surface area contributed by atoms with Gasteiger partial charge in [0.1, 0.15) is 5.75 Å². The molecule has 9 heteroatoms. The molecule has 136 valence electrons. The highest BCUT2D eigenvalue weighted by Gasteiger charge is 2.40. The predicted molar refractivity (Wildman–Crippen MR) is 90.7 cm³/mol. The molecule has 5 nitrogen and oxygen atoms in total. The average molecular weight is 382 g/mol. The van der Waals surface area contributed by atoms with Gasteiger partial charge >= 0.3 is 6.36 Å². The zero-order valence-corrected chi connectivity index (χ0v) is 14.0. The minimum absolute atomic E-state index is 0.000891. The monoisotopic (exact) mass is 382 g/mol. The van der Waals surface area contributed by atoms with Gasteiger partial charge in [0.25, 0.3) is 0 Å². The van der Waals surface area contributed by atoms with Crippen molar-refractivity contribution in [1.82, 2.24) is 0 Å². The van der Waals surface area contributed by atoms with Gasteiger partial charge in [0.05, 0.1) is 10.9 Å². The quantitative estimate of drug-likeness (QED) is 0.646. The molecule has 2 amide bonds. The number of benzene rings is 2. The lowest BCUT2D eigenvalue weighted by Crippen LogP contribution is -2.31. The van der Waals surface area contributed by atoms with Crippen molar-refractivity contribution in [3.8, 4) is 5.75 Å². The van der Waals surface area contributed by atoms with Crippen LogP contribution in [0.3, 0.4) is 0 Å². The van der Waals surface area contributed by atoms with E-state index in [4.69, 9.17) is 5.73 Å². The van der Waals surface area contributed by atoms with Crippen molar-refractivity contribution in [3.63, 3.8) is 0 Å². The molecular weight excluding hydrogens is 369 g/mol. The summed E-state index contributed by atoms with van der Waals surface area (Å²) in [5.74, 6) is -1.26. The number of carbonyl (C=O) groups is 2. The van der Waals surface area contributed by atoms with E-state index in [-0.39, 0.29) is 12.1 Å². The molecule has 0 aromatic heterocycles. The summed E-state index contributed by atoms with van der Waals surface area (Å²) in [5.41, 5.74) is 6.45. The number of nitrogens with two attached hydrogens (primary N) is 1. The van der Waals surface area contributed by atoms with E-state index < -0.39 is 29.2 Å². The molecule has 0 radical (unpaired) electrons. The van der Waals surface area contributed by atoms with Crippen LogP contribution in [0.4, 0.5) is 24.5 Å². The zero-order valence-electron chi connectivity index (χ0n) is 13.2. The lowest BCUT2D eigenvalue weighted by molar-refractivity contribution is -0.274. The molecule has 1 aliphatic heterocycles. The second-order valence-electron chi connectivity index (χ2n) is 5.49. The van der Waals surface area contributed by atoms with Gasteiger partial charge in [-0.3, -0.25) is 9.59 Å². The normalized spacial score (nSPS) is 17.7. The van der Waals surface area contributed by atoms with E-state index in [0.717, 1.165) is 21.9 Å². The van der Waals surface area contributed by atoms with Gasteiger partial charge in [-0.15, -0.1) is 24.9 Å². The molecule has 26 heavy (non-hydrogen) atoms. The summed E-state index contributed by atoms with van der Waals surface area (Å²) in [4.78, 5) is 26.5. The number of alkyl halides is 3. The minimum atomic E-state index is -4.81. The molecule has 1 atom stereocenters. The molecule has 0 bridgehead atoms. The Morgan fingerprint density at radius 1 is 1.12 bits per heavy atom. The lowest BCUT2D eigenvalue weighted by Gasteiger charge is -2.16. The highest BCUT2D eigenvalue weighted by atomic mass is 32.2. The third-order valence-corrected chi connectivity index (χ3v) is 4.75. The van der Waals surface area contributed by atoms with Crippen LogP contribution >= 0.6 is 11.8 Å². The number of hydrogen-bond acceptors (Lipinski definition) is 5. The molecule has 2 N–H and O–H groups in total. The largest absolute Gasteiger partial charge is 0.573 e. The molecule has 0 spiro atoms. The Morgan fingerprint density at radius 2 is 1.81 bits per heavy atom. The van der Waals surface area contributed by atoms with E-state index in [1.165, 1.54) is 23.9 Å². The lowest BCUT2D eigenvalue weighted by atomic mass is 10.3. The first-order chi connectivity index (χ1) is 12.2. The maximum Gasteiger partial charge on any atom is 0.573 e. The predicted octanol–water partition coefficient (Wildman–Crippen LogP) is 3.59. The Balaban J connectivity index is 1.74. The van der Waals surface area contributed by atoms with Gasteiger partial charge in [0, 0.05) is 17.0 Å². The van der Waals surface area contributed by atoms with Crippen molar-refractivity contribution >= 4 is 35.0 Å². The number of imide groups is 1. The van der Waals surface area contributed by atoms with Gasteiger partial charge in [-0.2, -0.15) is 0 Å². The topological polar surface area (TPSA) is 72.6 Å². The Hall–Kier alpha value is -2.68. The van der Waals surface area contributed by atoms with Crippen LogP contribution in [0.25, 0.3) is 0 Å². The fourth-order valence-corrected chi connectivity index (χ4v) is 3.64. The highest BCUT2D eigenvalue weighted by molar-refractivity contribution is 8.00. The Bertz CT molecular complexity index is 840. The summed E-state index contributed by atoms with van der Waals surface area (Å²) in [5, 5.41) is -0.615. The van der Waals surface area contributed by atoms with Crippen molar-refractivity contribution < 1.29 is 27.5 Å². The van der Waals surface area contributed by atoms with Gasteiger partial charge in [-0.25, -0.2) is 4.90 Å². The number of hydrogen-bond donors (Lipinski definition) is 1. The number of nitrogens with zero attached hydrogens (tertiary/aromatic N) is 1. The van der Waals surface area contributed by atoms with Gasteiger partial charge in [0.2, 0.25) is 11.8 Å². The smallest absolute Gasteiger partial charge is 0.406 e. The van der Waals surface area contributed by atoms with E-state index in [1.807, 2.05) is 0 Å². The fourth-order valence-electron chi connectivity index (χ4n) is 2.52. The van der Waals surface area contributed by atoms with Crippen molar-refractivity contribution in [2.45, 2.75) is 22.9 Å². The van der Waals surface area contributed by atoms with E-state index >= 15 is 0 Å². The maximum atomic E-state index is 12.6. The second-order valence-corrected chi connectivity index (χ2v) is 6.77. The Kier molecular flexibility index (Phi) is 4.82. The minimum Gasteiger partial charge on any atom is -0.406 e. The molecular formula is C17H13F3N2O3S. The number of nitrogen functional groups attached to an aromatic ring is 1. The van der Waals surface area contributed by atoms with Crippen LogP contribution in [0.5, 0.6) is 5.75 Å². The third kappa shape index (κ3) is 4.10. The van der Waals surface area contributed by atoms with Crippen LogP contribution in [-0.2, 0) is 9.59 Å². The molecule has 0 saturated carbocycles. The third-order valence-electron chi connectivity index (χ3n) is 3.57. The maximum absolute atomic E-state index is 12.6. The summed E-state index contributed by atoms with van der Waals surface area (Å²) in [7, 11) is 0. The summed E-state index contributed by atoms with van der Waals surface area (Å²) in [6, 6.07) is 11.5. The van der Waals surface area contributed by atoms with Crippen molar-refractivity contribution in [1.29, 1.82) is 0 Å². The first-order valence-corrected chi connectivity index (χ1v) is 8.36. The van der Waals surface area contributed by atoms with E-state index in [1.54, 1.807) is 24.3 Å². The number of rotatable bonds is 4. The first kappa shape index (κ1) is 18.1. The van der Waals surface area contributed by atoms with Gasteiger partial charge in [-0.1, -0.05) is 6.07 Å². The highest BCUT2D eigenvalue weighted by Crippen LogP contribution is 2.35. The molecule has 2 aromatic rings. The van der Waals surface area contributed by atoms with E-state index in [9.17, 15) is 22.8 Å². The molecule has 1 fully saturated rings. The molecule has 1 heterocycles. The first-order valence-electron chi connectivity index (χ1n) is 7.48. The van der Waals surface area contributed by atoms with E-state index in [0.29, 0.717) is 5.69 Å². The van der Waals surface area contributed by atoms with Crippen molar-refractivity contribution in [3.05, 3.63) is 48.5 Å². The van der Waals surface area contributed by atoms with Gasteiger partial charge in [-0.05, 0) is 42.5 Å². The van der Waals surface area contributed by atoms with Crippen LogP contribution < -0.4 is 15.4 Å². The second kappa shape index (κ2) is 6.91. The number of amides is 2. The zero-order chi connectivity index (χ0) is 18.9. The molecule has 0 aliphatic carbocycles. The molecule has 1 aliphatic rings. The average Bonchev–Trinajstić information content (AvgIpc) is 2.81. The number of ether oxygens (including phenoxy) is 1.